The van der Waals surface area contributed by atoms with Crippen LogP contribution in [0.1, 0.15) is 18.4 Å². The molecule has 0 amide bonds. The molecule has 120 valence electrons. The molecule has 0 radical (unpaired) electrons. The van der Waals surface area contributed by atoms with Gasteiger partial charge in [0.15, 0.2) is 0 Å². The Labute approximate surface area is 132 Å². The van der Waals surface area contributed by atoms with E-state index in [0.29, 0.717) is 18.0 Å². The topological polar surface area (TPSA) is 67.4 Å². The fraction of sp³-hybridized carbons (Fsp3) is 0.571. The van der Waals surface area contributed by atoms with E-state index in [4.69, 9.17) is 4.74 Å². The van der Waals surface area contributed by atoms with Crippen molar-refractivity contribution < 1.29 is 13.2 Å². The van der Waals surface area contributed by atoms with Gasteiger partial charge in [-0.2, -0.15) is 0 Å². The predicted molar refractivity (Wildman–Crippen MR) is 85.5 cm³/mol. The van der Waals surface area contributed by atoms with Crippen LogP contribution in [0.15, 0.2) is 29.2 Å². The van der Waals surface area contributed by atoms with Gasteiger partial charge in [0.1, 0.15) is 0 Å². The average molecular weight is 335 g/mol. The van der Waals surface area contributed by atoms with Gasteiger partial charge in [0, 0.05) is 13.7 Å². The summed E-state index contributed by atoms with van der Waals surface area (Å²) in [4.78, 5) is 0.308. The van der Waals surface area contributed by atoms with E-state index in [1.807, 2.05) is 13.0 Å². The van der Waals surface area contributed by atoms with Crippen molar-refractivity contribution in [2.24, 2.45) is 0 Å². The van der Waals surface area contributed by atoms with Crippen molar-refractivity contribution in [3.8, 4) is 0 Å². The summed E-state index contributed by atoms with van der Waals surface area (Å²) in [5.41, 5.74) is 0.643. The minimum Gasteiger partial charge on any atom is -0.383 e. The molecule has 1 atom stereocenters. The Morgan fingerprint density at radius 3 is 2.76 bits per heavy atom. The van der Waals surface area contributed by atoms with Gasteiger partial charge in [0.25, 0.3) is 0 Å². The van der Waals surface area contributed by atoms with Crippen LogP contribution in [-0.4, -0.2) is 40.8 Å². The number of aryl methyl sites for hydroxylation is 1. The maximum absolute atomic E-state index is 12.3. The highest BCUT2D eigenvalue weighted by atomic mass is 35.5. The van der Waals surface area contributed by atoms with E-state index in [1.54, 1.807) is 25.3 Å². The Hall–Kier alpha value is -0.660. The van der Waals surface area contributed by atoms with Crippen LogP contribution in [0.5, 0.6) is 0 Å². The van der Waals surface area contributed by atoms with Gasteiger partial charge in [-0.25, -0.2) is 13.1 Å². The SMILES string of the molecule is COCC1(CNS(=O)(=O)c2cccc(C)c2)CCCN1.Cl. The lowest BCUT2D eigenvalue weighted by atomic mass is 9.99. The average Bonchev–Trinajstić information content (AvgIpc) is 2.86. The quantitative estimate of drug-likeness (QED) is 0.826. The van der Waals surface area contributed by atoms with Crippen molar-refractivity contribution in [2.75, 3.05) is 26.8 Å². The Morgan fingerprint density at radius 1 is 1.43 bits per heavy atom. The van der Waals surface area contributed by atoms with E-state index in [-0.39, 0.29) is 17.9 Å². The Balaban J connectivity index is 0.00000220. The van der Waals surface area contributed by atoms with Gasteiger partial charge in [-0.15, -0.1) is 12.4 Å². The molecule has 7 heteroatoms. The highest BCUT2D eigenvalue weighted by Gasteiger charge is 2.34. The number of hydrogen-bond donors (Lipinski definition) is 2. The molecule has 2 N–H and O–H groups in total. The van der Waals surface area contributed by atoms with Crippen LogP contribution in [0.2, 0.25) is 0 Å². The molecule has 0 bridgehead atoms. The van der Waals surface area contributed by atoms with Crippen LogP contribution in [0.25, 0.3) is 0 Å². The van der Waals surface area contributed by atoms with Crippen LogP contribution in [-0.2, 0) is 14.8 Å². The minimum absolute atomic E-state index is 0. The second-order valence-electron chi connectivity index (χ2n) is 5.38. The summed E-state index contributed by atoms with van der Waals surface area (Å²) in [5.74, 6) is 0. The molecule has 1 aliphatic heterocycles. The minimum atomic E-state index is -3.47. The third-order valence-electron chi connectivity index (χ3n) is 3.65. The Morgan fingerprint density at radius 2 is 2.19 bits per heavy atom. The molecular weight excluding hydrogens is 312 g/mol. The number of halogens is 1. The molecule has 1 fully saturated rings. The molecule has 1 saturated heterocycles. The second kappa shape index (κ2) is 7.56. The third-order valence-corrected chi connectivity index (χ3v) is 5.05. The fourth-order valence-corrected chi connectivity index (χ4v) is 3.80. The van der Waals surface area contributed by atoms with Crippen LogP contribution >= 0.6 is 12.4 Å². The molecule has 0 saturated carbocycles. The number of nitrogens with one attached hydrogen (secondary N) is 2. The van der Waals surface area contributed by atoms with E-state index < -0.39 is 10.0 Å². The van der Waals surface area contributed by atoms with Gasteiger partial charge >= 0.3 is 0 Å². The summed E-state index contributed by atoms with van der Waals surface area (Å²) in [6, 6.07) is 6.92. The van der Waals surface area contributed by atoms with Crippen molar-refractivity contribution in [3.05, 3.63) is 29.8 Å². The molecule has 1 aromatic carbocycles. The van der Waals surface area contributed by atoms with Crippen LogP contribution in [0, 0.1) is 6.92 Å². The van der Waals surface area contributed by atoms with Crippen molar-refractivity contribution in [1.82, 2.24) is 10.0 Å². The number of methoxy groups -OCH3 is 1. The maximum atomic E-state index is 12.3. The maximum Gasteiger partial charge on any atom is 0.240 e. The van der Waals surface area contributed by atoms with Crippen LogP contribution < -0.4 is 10.0 Å². The number of benzene rings is 1. The van der Waals surface area contributed by atoms with Gasteiger partial charge in [0.05, 0.1) is 17.0 Å². The van der Waals surface area contributed by atoms with Crippen molar-refractivity contribution >= 4 is 22.4 Å². The molecule has 0 aromatic heterocycles. The first-order valence-electron chi connectivity index (χ1n) is 6.78. The standard InChI is InChI=1S/C14H22N2O3S.ClH/c1-12-5-3-6-13(9-12)20(17,18)16-10-14(11-19-2)7-4-8-15-14;/h3,5-6,9,15-16H,4,7-8,10-11H2,1-2H3;1H. The number of rotatable bonds is 6. The van der Waals surface area contributed by atoms with Crippen molar-refractivity contribution in [2.45, 2.75) is 30.2 Å². The summed E-state index contributed by atoms with van der Waals surface area (Å²) in [7, 11) is -1.84. The number of ether oxygens (including phenoxy) is 1. The lowest BCUT2D eigenvalue weighted by molar-refractivity contribution is 0.122. The van der Waals surface area contributed by atoms with Crippen LogP contribution in [0.4, 0.5) is 0 Å². The first kappa shape index (κ1) is 18.4. The molecule has 1 heterocycles. The van der Waals surface area contributed by atoms with Gasteiger partial charge in [-0.3, -0.25) is 0 Å². The lowest BCUT2D eigenvalue weighted by Crippen LogP contribution is -2.52. The predicted octanol–water partition coefficient (Wildman–Crippen LogP) is 1.46. The molecule has 1 unspecified atom stereocenters. The van der Waals surface area contributed by atoms with Crippen LogP contribution in [0.3, 0.4) is 0 Å². The van der Waals surface area contributed by atoms with Gasteiger partial charge in [-0.1, -0.05) is 12.1 Å². The molecule has 5 nitrogen and oxygen atoms in total. The van der Waals surface area contributed by atoms with E-state index in [1.165, 1.54) is 0 Å². The first-order chi connectivity index (χ1) is 9.47. The Bertz CT molecular complexity index is 557. The number of hydrogen-bond acceptors (Lipinski definition) is 4. The van der Waals surface area contributed by atoms with Crippen molar-refractivity contribution in [1.29, 1.82) is 0 Å². The molecule has 21 heavy (non-hydrogen) atoms. The van der Waals surface area contributed by atoms with Gasteiger partial charge in [-0.05, 0) is 44.0 Å². The smallest absolute Gasteiger partial charge is 0.240 e. The van der Waals surface area contributed by atoms with E-state index in [2.05, 4.69) is 10.0 Å². The normalized spacial score (nSPS) is 22.0. The van der Waals surface area contributed by atoms with Gasteiger partial charge < -0.3 is 10.1 Å². The fourth-order valence-electron chi connectivity index (χ4n) is 2.57. The summed E-state index contributed by atoms with van der Waals surface area (Å²) in [6.45, 7) is 3.62. The van der Waals surface area contributed by atoms with E-state index >= 15 is 0 Å². The van der Waals surface area contributed by atoms with Crippen molar-refractivity contribution in [3.63, 3.8) is 0 Å². The summed E-state index contributed by atoms with van der Waals surface area (Å²) in [5, 5.41) is 3.35. The largest absolute Gasteiger partial charge is 0.383 e. The highest BCUT2D eigenvalue weighted by Crippen LogP contribution is 2.20. The number of sulfonamides is 1. The molecular formula is C14H23ClN2O3S. The monoisotopic (exact) mass is 334 g/mol. The lowest BCUT2D eigenvalue weighted by Gasteiger charge is -2.28. The summed E-state index contributed by atoms with van der Waals surface area (Å²) >= 11 is 0. The zero-order chi connectivity index (χ0) is 14.6. The Kier molecular flexibility index (Phi) is 6.62. The zero-order valence-electron chi connectivity index (χ0n) is 12.4. The molecule has 0 aliphatic carbocycles. The summed E-state index contributed by atoms with van der Waals surface area (Å²) < 4.78 is 32.5. The highest BCUT2D eigenvalue weighted by molar-refractivity contribution is 7.89. The molecule has 2 rings (SSSR count). The first-order valence-corrected chi connectivity index (χ1v) is 8.26. The second-order valence-corrected chi connectivity index (χ2v) is 7.15. The molecule has 0 spiro atoms. The molecule has 1 aromatic rings. The van der Waals surface area contributed by atoms with E-state index in [0.717, 1.165) is 24.9 Å². The van der Waals surface area contributed by atoms with E-state index in [9.17, 15) is 8.42 Å². The zero-order valence-corrected chi connectivity index (χ0v) is 14.0. The third kappa shape index (κ3) is 4.66. The summed E-state index contributed by atoms with van der Waals surface area (Å²) in [6.07, 6.45) is 1.95. The molecule has 1 aliphatic rings. The van der Waals surface area contributed by atoms with Gasteiger partial charge in [0.2, 0.25) is 10.0 Å².